The summed E-state index contributed by atoms with van der Waals surface area (Å²) in [5, 5.41) is 12.2. The lowest BCUT2D eigenvalue weighted by Crippen LogP contribution is -2.28. The van der Waals surface area contributed by atoms with Crippen molar-refractivity contribution in [3.05, 3.63) is 41.4 Å². The van der Waals surface area contributed by atoms with Crippen molar-refractivity contribution in [1.29, 1.82) is 0 Å². The molecule has 0 saturated heterocycles. The van der Waals surface area contributed by atoms with Crippen LogP contribution < -0.4 is 15.4 Å². The summed E-state index contributed by atoms with van der Waals surface area (Å²) in [6.45, 7) is 0.612. The largest absolute Gasteiger partial charge is 0.453 e. The van der Waals surface area contributed by atoms with E-state index in [0.29, 0.717) is 17.8 Å². The summed E-state index contributed by atoms with van der Waals surface area (Å²) in [7, 11) is -2.46. The third-order valence-electron chi connectivity index (χ3n) is 4.04. The minimum atomic E-state index is -3.73. The molecule has 0 saturated carbocycles. The van der Waals surface area contributed by atoms with Crippen molar-refractivity contribution in [3.63, 3.8) is 0 Å². The number of hydrogen-bond acceptors (Lipinski definition) is 8. The summed E-state index contributed by atoms with van der Waals surface area (Å²) < 4.78 is 44.8. The fraction of sp³-hybridized carbons (Fsp3) is 0.222. The van der Waals surface area contributed by atoms with Crippen LogP contribution in [0.3, 0.4) is 0 Å². The van der Waals surface area contributed by atoms with Gasteiger partial charge in [0, 0.05) is 35.4 Å². The fourth-order valence-corrected chi connectivity index (χ4v) is 3.50. The fourth-order valence-electron chi connectivity index (χ4n) is 2.74. The molecular weight excluding hydrogens is 465 g/mol. The maximum atomic E-state index is 15.1. The predicted molar refractivity (Wildman–Crippen MR) is 117 cm³/mol. The van der Waals surface area contributed by atoms with Gasteiger partial charge < -0.3 is 15.4 Å². The highest BCUT2D eigenvalue weighted by Crippen LogP contribution is 2.36. The number of nitrogens with one attached hydrogen (secondary N) is 4. The number of aromatic nitrogens is 4. The van der Waals surface area contributed by atoms with E-state index in [9.17, 15) is 13.2 Å². The lowest BCUT2D eigenvalue weighted by atomic mass is 10.0. The van der Waals surface area contributed by atoms with E-state index in [-0.39, 0.29) is 34.5 Å². The topological polar surface area (TPSA) is 151 Å². The zero-order valence-corrected chi connectivity index (χ0v) is 18.5. The Hall–Kier alpha value is -3.45. The van der Waals surface area contributed by atoms with E-state index in [1.54, 1.807) is 6.07 Å². The van der Waals surface area contributed by atoms with Gasteiger partial charge in [-0.2, -0.15) is 5.10 Å². The van der Waals surface area contributed by atoms with Gasteiger partial charge in [-0.05, 0) is 18.2 Å². The third-order valence-corrected chi connectivity index (χ3v) is 4.84. The molecule has 4 N–H and O–H groups in total. The molecule has 0 radical (unpaired) electrons. The summed E-state index contributed by atoms with van der Waals surface area (Å²) in [6.07, 6.45) is 3.30. The van der Waals surface area contributed by atoms with E-state index in [1.165, 1.54) is 31.6 Å². The van der Waals surface area contributed by atoms with Crippen LogP contribution in [0.15, 0.2) is 30.6 Å². The second kappa shape index (κ2) is 9.78. The van der Waals surface area contributed by atoms with Crippen LogP contribution in [0, 0.1) is 5.82 Å². The van der Waals surface area contributed by atoms with Gasteiger partial charge in [0.15, 0.2) is 5.82 Å². The van der Waals surface area contributed by atoms with E-state index in [0.717, 1.165) is 6.26 Å². The molecule has 32 heavy (non-hydrogen) atoms. The Bertz CT molecular complexity index is 1240. The first-order chi connectivity index (χ1) is 15.2. The minimum Gasteiger partial charge on any atom is -0.453 e. The Morgan fingerprint density at radius 1 is 1.28 bits per heavy atom. The number of ether oxygens (including phenoxy) is 1. The lowest BCUT2D eigenvalue weighted by molar-refractivity contribution is 0.171. The Morgan fingerprint density at radius 3 is 2.78 bits per heavy atom. The highest BCUT2D eigenvalue weighted by atomic mass is 35.5. The molecular formula is C18H19ClFN7O4S. The molecule has 1 aromatic carbocycles. The van der Waals surface area contributed by atoms with Crippen LogP contribution in [0.5, 0.6) is 0 Å². The van der Waals surface area contributed by atoms with E-state index in [2.05, 4.69) is 40.3 Å². The van der Waals surface area contributed by atoms with E-state index in [1.807, 2.05) is 0 Å². The summed E-state index contributed by atoms with van der Waals surface area (Å²) in [5.41, 5.74) is 0.822. The second-order valence-corrected chi connectivity index (χ2v) is 8.64. The zero-order chi connectivity index (χ0) is 23.3. The van der Waals surface area contributed by atoms with Gasteiger partial charge in [0.1, 0.15) is 0 Å². The second-order valence-electron chi connectivity index (χ2n) is 6.46. The molecule has 2 heterocycles. The highest BCUT2D eigenvalue weighted by molar-refractivity contribution is 7.92. The number of amides is 1. The first-order valence-electron chi connectivity index (χ1n) is 9.07. The molecule has 1 amide bonds. The van der Waals surface area contributed by atoms with Gasteiger partial charge in [0.05, 0.1) is 36.6 Å². The van der Waals surface area contributed by atoms with Crippen LogP contribution in [0.25, 0.3) is 22.5 Å². The molecule has 0 aliphatic carbocycles. The summed E-state index contributed by atoms with van der Waals surface area (Å²) in [4.78, 5) is 19.6. The third kappa shape index (κ3) is 5.82. The number of benzene rings is 1. The Labute approximate surface area is 187 Å². The molecule has 0 aliphatic heterocycles. The molecule has 0 fully saturated rings. The van der Waals surface area contributed by atoms with Gasteiger partial charge in [-0.3, -0.25) is 9.82 Å². The number of nitrogens with zero attached hydrogens (tertiary/aromatic N) is 3. The number of H-pyrrole nitrogens is 1. The predicted octanol–water partition coefficient (Wildman–Crippen LogP) is 2.47. The number of sulfonamides is 1. The van der Waals surface area contributed by atoms with Gasteiger partial charge in [-0.1, -0.05) is 11.6 Å². The molecule has 3 rings (SSSR count). The number of halogens is 2. The van der Waals surface area contributed by atoms with Crippen LogP contribution in [-0.2, 0) is 14.8 Å². The van der Waals surface area contributed by atoms with Crippen molar-refractivity contribution in [2.75, 3.05) is 36.5 Å². The first-order valence-corrected chi connectivity index (χ1v) is 11.3. The Morgan fingerprint density at radius 2 is 2.06 bits per heavy atom. The van der Waals surface area contributed by atoms with Gasteiger partial charge in [-0.15, -0.1) is 0 Å². The first kappa shape index (κ1) is 23.2. The molecule has 0 aliphatic rings. The van der Waals surface area contributed by atoms with Gasteiger partial charge >= 0.3 is 6.09 Å². The maximum absolute atomic E-state index is 15.1. The normalized spacial score (nSPS) is 11.1. The average molecular weight is 484 g/mol. The van der Waals surface area contributed by atoms with Crippen molar-refractivity contribution in [1.82, 2.24) is 25.5 Å². The number of hydrogen-bond donors (Lipinski definition) is 4. The number of rotatable bonds is 8. The highest BCUT2D eigenvalue weighted by Gasteiger charge is 2.20. The molecule has 2 aromatic heterocycles. The molecule has 0 spiro atoms. The van der Waals surface area contributed by atoms with Crippen LogP contribution in [0.2, 0.25) is 5.02 Å². The monoisotopic (exact) mass is 483 g/mol. The van der Waals surface area contributed by atoms with Crippen LogP contribution >= 0.6 is 11.6 Å². The number of alkyl carbamates (subject to hydrolysis) is 1. The number of methoxy groups -OCH3 is 1. The molecule has 170 valence electrons. The SMILES string of the molecule is COC(=O)NCCNc1nccc(-c2cn[nH]c2-c2cc(Cl)cc(NS(C)(=O)=O)c2F)n1. The lowest BCUT2D eigenvalue weighted by Gasteiger charge is -2.11. The van der Waals surface area contributed by atoms with Crippen LogP contribution in [-0.4, -0.2) is 61.1 Å². The molecule has 14 heteroatoms. The smallest absolute Gasteiger partial charge is 0.406 e. The van der Waals surface area contributed by atoms with Crippen molar-refractivity contribution < 1.29 is 22.3 Å². The van der Waals surface area contributed by atoms with Gasteiger partial charge in [0.25, 0.3) is 0 Å². The van der Waals surface area contributed by atoms with Crippen molar-refractivity contribution in [3.8, 4) is 22.5 Å². The number of aromatic amines is 1. The van der Waals surface area contributed by atoms with E-state index >= 15 is 4.39 Å². The zero-order valence-electron chi connectivity index (χ0n) is 16.9. The number of anilines is 2. The quantitative estimate of drug-likeness (QED) is 0.357. The minimum absolute atomic E-state index is 0.00606. The number of carbonyl (C=O) groups is 1. The Balaban J connectivity index is 1.89. The van der Waals surface area contributed by atoms with Crippen LogP contribution in [0.4, 0.5) is 20.8 Å². The standard InChI is InChI=1S/C18H19ClFN7O4S/c1-31-18(28)23-6-5-22-17-21-4-3-13(25-17)12-9-24-26-16(12)11-7-10(19)8-14(15(11)20)27-32(2,29)30/h3-4,7-9,27H,5-6H2,1-2H3,(H,23,28)(H,24,26)(H,21,22,25). The van der Waals surface area contributed by atoms with Crippen molar-refractivity contribution >= 4 is 39.4 Å². The van der Waals surface area contributed by atoms with Gasteiger partial charge in [0.2, 0.25) is 16.0 Å². The van der Waals surface area contributed by atoms with E-state index in [4.69, 9.17) is 11.6 Å². The van der Waals surface area contributed by atoms with Gasteiger partial charge in [-0.25, -0.2) is 27.6 Å². The molecule has 0 unspecified atom stereocenters. The summed E-state index contributed by atoms with van der Waals surface area (Å²) in [6, 6.07) is 4.12. The molecule has 3 aromatic rings. The Kier molecular flexibility index (Phi) is 7.10. The van der Waals surface area contributed by atoms with Crippen molar-refractivity contribution in [2.45, 2.75) is 0 Å². The molecule has 11 nitrogen and oxygen atoms in total. The van der Waals surface area contributed by atoms with Crippen molar-refractivity contribution in [2.24, 2.45) is 0 Å². The van der Waals surface area contributed by atoms with Crippen LogP contribution in [0.1, 0.15) is 0 Å². The molecule has 0 atom stereocenters. The summed E-state index contributed by atoms with van der Waals surface area (Å²) in [5.74, 6) is -0.557. The molecule has 0 bridgehead atoms. The average Bonchev–Trinajstić information content (AvgIpc) is 3.22. The van der Waals surface area contributed by atoms with E-state index < -0.39 is 21.9 Å². The number of carbonyl (C=O) groups excluding carboxylic acids is 1. The maximum Gasteiger partial charge on any atom is 0.406 e. The summed E-state index contributed by atoms with van der Waals surface area (Å²) >= 11 is 6.08.